The van der Waals surface area contributed by atoms with E-state index in [9.17, 15) is 0 Å². The van der Waals surface area contributed by atoms with Gasteiger partial charge in [-0.1, -0.05) is 35.5 Å². The number of benzene rings is 1. The number of nitrogens with zero attached hydrogens (tertiary/aromatic N) is 3. The van der Waals surface area contributed by atoms with Crippen molar-refractivity contribution in [2.75, 3.05) is 19.6 Å². The van der Waals surface area contributed by atoms with Gasteiger partial charge in [-0.3, -0.25) is 4.99 Å². The van der Waals surface area contributed by atoms with Crippen LogP contribution in [0.2, 0.25) is 0 Å². The molecule has 0 spiro atoms. The van der Waals surface area contributed by atoms with E-state index < -0.39 is 0 Å². The molecule has 6 heteroatoms. The summed E-state index contributed by atoms with van der Waals surface area (Å²) >= 11 is 0. The lowest BCUT2D eigenvalue weighted by atomic mass is 10.1. The zero-order valence-corrected chi connectivity index (χ0v) is 13.9. The summed E-state index contributed by atoms with van der Waals surface area (Å²) in [4.78, 5) is 8.78. The zero-order valence-electron chi connectivity index (χ0n) is 13.9. The van der Waals surface area contributed by atoms with E-state index in [1.54, 1.807) is 0 Å². The average molecular weight is 315 g/mol. The van der Waals surface area contributed by atoms with Crippen molar-refractivity contribution < 1.29 is 4.52 Å². The van der Waals surface area contributed by atoms with E-state index in [4.69, 9.17) is 4.52 Å². The number of hydrogen-bond acceptors (Lipinski definition) is 4. The topological polar surface area (TPSA) is 75.3 Å². The molecule has 0 aliphatic heterocycles. The minimum atomic E-state index is 0.648. The van der Waals surface area contributed by atoms with Gasteiger partial charge in [0.1, 0.15) is 0 Å². The highest BCUT2D eigenvalue weighted by Gasteiger charge is 2.03. The van der Waals surface area contributed by atoms with Crippen LogP contribution in [0.15, 0.2) is 39.8 Å². The Labute approximate surface area is 137 Å². The first-order valence-corrected chi connectivity index (χ1v) is 8.13. The first-order chi connectivity index (χ1) is 11.3. The molecule has 1 aromatic heterocycles. The molecule has 2 aromatic rings. The Morgan fingerprint density at radius 3 is 2.70 bits per heavy atom. The second kappa shape index (κ2) is 9.61. The lowest BCUT2D eigenvalue weighted by molar-refractivity contribution is 0.374. The van der Waals surface area contributed by atoms with Gasteiger partial charge >= 0.3 is 0 Å². The molecule has 0 atom stereocenters. The highest BCUT2D eigenvalue weighted by atomic mass is 16.5. The number of nitrogens with one attached hydrogen (secondary N) is 2. The highest BCUT2D eigenvalue weighted by molar-refractivity contribution is 5.79. The lowest BCUT2D eigenvalue weighted by Crippen LogP contribution is -2.38. The summed E-state index contributed by atoms with van der Waals surface area (Å²) in [7, 11) is 0. The fourth-order valence-electron chi connectivity index (χ4n) is 2.19. The summed E-state index contributed by atoms with van der Waals surface area (Å²) in [6, 6.07) is 10.5. The van der Waals surface area contributed by atoms with Crippen LogP contribution in [0.1, 0.15) is 30.6 Å². The summed E-state index contributed by atoms with van der Waals surface area (Å²) in [6.45, 7) is 6.22. The predicted octanol–water partition coefficient (Wildman–Crippen LogP) is 2.11. The highest BCUT2D eigenvalue weighted by Crippen LogP contribution is 2.02. The van der Waals surface area contributed by atoms with Crippen LogP contribution in [-0.4, -0.2) is 35.7 Å². The Kier molecular flexibility index (Phi) is 7.10. The number of aromatic nitrogens is 2. The first kappa shape index (κ1) is 17.0. The predicted molar refractivity (Wildman–Crippen MR) is 91.5 cm³/mol. The van der Waals surface area contributed by atoms with Crippen molar-refractivity contribution in [3.05, 3.63) is 47.6 Å². The van der Waals surface area contributed by atoms with Crippen LogP contribution in [-0.2, 0) is 12.8 Å². The van der Waals surface area contributed by atoms with Crippen LogP contribution in [0.4, 0.5) is 0 Å². The second-order valence-electron chi connectivity index (χ2n) is 5.26. The SMILES string of the molecule is CCNC(=NCCCc1ccccc1)NCCc1nc(C)no1. The van der Waals surface area contributed by atoms with E-state index in [0.29, 0.717) is 24.7 Å². The molecule has 124 valence electrons. The standard InChI is InChI=1S/C17H25N5O/c1-3-18-17(20-13-11-16-21-14(2)22-23-16)19-12-7-10-15-8-5-4-6-9-15/h4-6,8-9H,3,7,10-13H2,1-2H3,(H2,18,19,20). The summed E-state index contributed by atoms with van der Waals surface area (Å²) in [5.41, 5.74) is 1.35. The van der Waals surface area contributed by atoms with E-state index in [-0.39, 0.29) is 0 Å². The Morgan fingerprint density at radius 1 is 1.17 bits per heavy atom. The third kappa shape index (κ3) is 6.50. The Bertz CT molecular complexity index is 594. The fraction of sp³-hybridized carbons (Fsp3) is 0.471. The number of aryl methyl sites for hydroxylation is 2. The Morgan fingerprint density at radius 2 is 2.00 bits per heavy atom. The van der Waals surface area contributed by atoms with E-state index in [0.717, 1.165) is 31.9 Å². The van der Waals surface area contributed by atoms with Gasteiger partial charge in [0.25, 0.3) is 0 Å². The number of guanidine groups is 1. The smallest absolute Gasteiger partial charge is 0.228 e. The molecule has 6 nitrogen and oxygen atoms in total. The van der Waals surface area contributed by atoms with Crippen molar-refractivity contribution in [1.29, 1.82) is 0 Å². The van der Waals surface area contributed by atoms with Crippen molar-refractivity contribution >= 4 is 5.96 Å². The number of hydrogen-bond donors (Lipinski definition) is 2. The largest absolute Gasteiger partial charge is 0.357 e. The van der Waals surface area contributed by atoms with Gasteiger partial charge < -0.3 is 15.2 Å². The van der Waals surface area contributed by atoms with Gasteiger partial charge in [0.15, 0.2) is 11.8 Å². The van der Waals surface area contributed by atoms with Crippen molar-refractivity contribution in [1.82, 2.24) is 20.8 Å². The molecule has 2 rings (SSSR count). The number of aliphatic imine (C=N–C) groups is 1. The van der Waals surface area contributed by atoms with Crippen LogP contribution in [0.25, 0.3) is 0 Å². The van der Waals surface area contributed by atoms with Gasteiger partial charge in [-0.2, -0.15) is 4.98 Å². The molecule has 1 aromatic carbocycles. The second-order valence-corrected chi connectivity index (χ2v) is 5.26. The summed E-state index contributed by atoms with van der Waals surface area (Å²) in [5.74, 6) is 2.15. The monoisotopic (exact) mass is 315 g/mol. The molecule has 0 amide bonds. The van der Waals surface area contributed by atoms with Crippen LogP contribution in [0.5, 0.6) is 0 Å². The molecule has 23 heavy (non-hydrogen) atoms. The van der Waals surface area contributed by atoms with Gasteiger partial charge in [-0.15, -0.1) is 0 Å². The van der Waals surface area contributed by atoms with Crippen LogP contribution < -0.4 is 10.6 Å². The molecule has 0 bridgehead atoms. The first-order valence-electron chi connectivity index (χ1n) is 8.13. The van der Waals surface area contributed by atoms with Crippen LogP contribution in [0, 0.1) is 6.92 Å². The normalized spacial score (nSPS) is 11.5. The molecule has 0 unspecified atom stereocenters. The molecule has 0 radical (unpaired) electrons. The van der Waals surface area contributed by atoms with Gasteiger partial charge in [0, 0.05) is 26.1 Å². The van der Waals surface area contributed by atoms with Crippen LogP contribution >= 0.6 is 0 Å². The molecule has 0 fully saturated rings. The van der Waals surface area contributed by atoms with Crippen molar-refractivity contribution in [2.24, 2.45) is 4.99 Å². The molecular formula is C17H25N5O. The number of rotatable bonds is 8. The molecule has 2 N–H and O–H groups in total. The summed E-state index contributed by atoms with van der Waals surface area (Å²) in [5, 5.41) is 10.3. The summed E-state index contributed by atoms with van der Waals surface area (Å²) in [6.07, 6.45) is 2.77. The molecule has 0 aliphatic rings. The van der Waals surface area contributed by atoms with Crippen molar-refractivity contribution in [2.45, 2.75) is 33.1 Å². The summed E-state index contributed by atoms with van der Waals surface area (Å²) < 4.78 is 5.09. The van der Waals surface area contributed by atoms with Gasteiger partial charge in [0.2, 0.25) is 5.89 Å². The minimum absolute atomic E-state index is 0.648. The van der Waals surface area contributed by atoms with E-state index >= 15 is 0 Å². The maximum atomic E-state index is 5.09. The van der Waals surface area contributed by atoms with E-state index in [1.165, 1.54) is 5.56 Å². The maximum absolute atomic E-state index is 5.09. The third-order valence-corrected chi connectivity index (χ3v) is 3.28. The zero-order chi connectivity index (χ0) is 16.3. The van der Waals surface area contributed by atoms with Crippen molar-refractivity contribution in [3.63, 3.8) is 0 Å². The average Bonchev–Trinajstić information content (AvgIpc) is 2.98. The van der Waals surface area contributed by atoms with E-state index in [2.05, 4.69) is 57.0 Å². The molecule has 0 saturated carbocycles. The van der Waals surface area contributed by atoms with Gasteiger partial charge in [-0.25, -0.2) is 0 Å². The van der Waals surface area contributed by atoms with Crippen LogP contribution in [0.3, 0.4) is 0 Å². The van der Waals surface area contributed by atoms with Crippen molar-refractivity contribution in [3.8, 4) is 0 Å². The fourth-order valence-corrected chi connectivity index (χ4v) is 2.19. The quantitative estimate of drug-likeness (QED) is 0.443. The Balaban J connectivity index is 1.71. The maximum Gasteiger partial charge on any atom is 0.228 e. The van der Waals surface area contributed by atoms with Gasteiger partial charge in [-0.05, 0) is 32.3 Å². The van der Waals surface area contributed by atoms with E-state index in [1.807, 2.05) is 13.0 Å². The third-order valence-electron chi connectivity index (χ3n) is 3.28. The minimum Gasteiger partial charge on any atom is -0.357 e. The van der Waals surface area contributed by atoms with Gasteiger partial charge in [0.05, 0.1) is 0 Å². The Hall–Kier alpha value is -2.37. The molecular weight excluding hydrogens is 290 g/mol. The molecule has 0 saturated heterocycles. The lowest BCUT2D eigenvalue weighted by Gasteiger charge is -2.10. The molecule has 1 heterocycles. The molecule has 0 aliphatic carbocycles.